The number of benzene rings is 1. The van der Waals surface area contributed by atoms with Gasteiger partial charge in [0.1, 0.15) is 0 Å². The first-order chi connectivity index (χ1) is 8.49. The van der Waals surface area contributed by atoms with Crippen LogP contribution in [0.2, 0.25) is 5.28 Å². The predicted octanol–water partition coefficient (Wildman–Crippen LogP) is 3.18. The van der Waals surface area contributed by atoms with Gasteiger partial charge in [0.25, 0.3) is 0 Å². The lowest BCUT2D eigenvalue weighted by Gasteiger charge is -2.27. The second-order valence-electron chi connectivity index (χ2n) is 4.49. The summed E-state index contributed by atoms with van der Waals surface area (Å²) in [5.41, 5.74) is 0.704. The standard InChI is InChI=1S/C13H14ClN3O/c1-13(2,9-6-4-3-5-7-9)17-11-10(18)8-15-12(14)16-11/h3-8,18H,1-2H3,(H,15,16,17). The zero-order chi connectivity index (χ0) is 13.2. The molecular weight excluding hydrogens is 250 g/mol. The molecule has 0 aliphatic heterocycles. The SMILES string of the molecule is CC(C)(Nc1nc(Cl)ncc1O)c1ccccc1. The highest BCUT2D eigenvalue weighted by Gasteiger charge is 2.22. The Labute approximate surface area is 111 Å². The van der Waals surface area contributed by atoms with Gasteiger partial charge in [0.15, 0.2) is 11.6 Å². The van der Waals surface area contributed by atoms with E-state index in [2.05, 4.69) is 15.3 Å². The van der Waals surface area contributed by atoms with E-state index in [4.69, 9.17) is 11.6 Å². The number of nitrogens with one attached hydrogen (secondary N) is 1. The largest absolute Gasteiger partial charge is 0.503 e. The fourth-order valence-electron chi connectivity index (χ4n) is 1.67. The summed E-state index contributed by atoms with van der Waals surface area (Å²) in [6, 6.07) is 9.90. The zero-order valence-electron chi connectivity index (χ0n) is 10.2. The van der Waals surface area contributed by atoms with Crippen LogP contribution in [0, 0.1) is 0 Å². The molecule has 0 spiro atoms. The molecule has 94 valence electrons. The lowest BCUT2D eigenvalue weighted by Crippen LogP contribution is -2.28. The minimum absolute atomic E-state index is 0.0246. The maximum Gasteiger partial charge on any atom is 0.224 e. The number of hydrogen-bond acceptors (Lipinski definition) is 4. The molecule has 0 aliphatic carbocycles. The van der Waals surface area contributed by atoms with Crippen LogP contribution in [-0.2, 0) is 5.54 Å². The Morgan fingerprint density at radius 1 is 1.22 bits per heavy atom. The molecule has 0 saturated carbocycles. The molecule has 18 heavy (non-hydrogen) atoms. The van der Waals surface area contributed by atoms with Crippen molar-refractivity contribution in [1.29, 1.82) is 0 Å². The summed E-state index contributed by atoms with van der Waals surface area (Å²) < 4.78 is 0. The normalized spacial score (nSPS) is 11.3. The zero-order valence-corrected chi connectivity index (χ0v) is 10.9. The highest BCUT2D eigenvalue weighted by atomic mass is 35.5. The maximum absolute atomic E-state index is 9.70. The average Bonchev–Trinajstić information content (AvgIpc) is 2.35. The van der Waals surface area contributed by atoms with Crippen molar-refractivity contribution in [2.24, 2.45) is 0 Å². The number of aromatic hydroxyl groups is 1. The van der Waals surface area contributed by atoms with E-state index in [-0.39, 0.29) is 16.6 Å². The van der Waals surface area contributed by atoms with Crippen LogP contribution in [0.4, 0.5) is 5.82 Å². The second kappa shape index (κ2) is 4.82. The van der Waals surface area contributed by atoms with Crippen molar-refractivity contribution < 1.29 is 5.11 Å². The highest BCUT2D eigenvalue weighted by molar-refractivity contribution is 6.28. The van der Waals surface area contributed by atoms with E-state index < -0.39 is 0 Å². The van der Waals surface area contributed by atoms with E-state index in [0.717, 1.165) is 5.56 Å². The van der Waals surface area contributed by atoms with E-state index in [1.807, 2.05) is 44.2 Å². The quantitative estimate of drug-likeness (QED) is 0.835. The van der Waals surface area contributed by atoms with Crippen LogP contribution in [0.25, 0.3) is 0 Å². The molecule has 0 atom stereocenters. The Hall–Kier alpha value is -1.81. The number of rotatable bonds is 3. The molecular formula is C13H14ClN3O. The van der Waals surface area contributed by atoms with Gasteiger partial charge >= 0.3 is 0 Å². The van der Waals surface area contributed by atoms with Gasteiger partial charge in [-0.25, -0.2) is 4.98 Å². The fourth-order valence-corrected chi connectivity index (χ4v) is 1.80. The van der Waals surface area contributed by atoms with Gasteiger partial charge in [0.05, 0.1) is 11.7 Å². The predicted molar refractivity (Wildman–Crippen MR) is 71.8 cm³/mol. The molecule has 2 rings (SSSR count). The molecule has 5 heteroatoms. The van der Waals surface area contributed by atoms with Crippen LogP contribution < -0.4 is 5.32 Å². The number of nitrogens with zero attached hydrogens (tertiary/aromatic N) is 2. The van der Waals surface area contributed by atoms with Crippen molar-refractivity contribution in [3.05, 3.63) is 47.4 Å². The Kier molecular flexibility index (Phi) is 3.39. The molecule has 0 saturated heterocycles. The lowest BCUT2D eigenvalue weighted by molar-refractivity contribution is 0.467. The summed E-state index contributed by atoms with van der Waals surface area (Å²) in [4.78, 5) is 7.68. The molecule has 0 radical (unpaired) electrons. The summed E-state index contributed by atoms with van der Waals surface area (Å²) in [7, 11) is 0. The van der Waals surface area contributed by atoms with E-state index >= 15 is 0 Å². The molecule has 0 bridgehead atoms. The van der Waals surface area contributed by atoms with Crippen LogP contribution >= 0.6 is 11.6 Å². The third-order valence-electron chi connectivity index (χ3n) is 2.67. The number of anilines is 1. The van der Waals surface area contributed by atoms with Crippen molar-refractivity contribution in [3.63, 3.8) is 0 Å². The summed E-state index contributed by atoms with van der Waals surface area (Å²) in [6.07, 6.45) is 1.28. The molecule has 0 aliphatic rings. The monoisotopic (exact) mass is 263 g/mol. The minimum atomic E-state index is -0.379. The summed E-state index contributed by atoms with van der Waals surface area (Å²) >= 11 is 5.72. The number of halogens is 1. The number of aromatic nitrogens is 2. The van der Waals surface area contributed by atoms with Gasteiger partial charge in [-0.1, -0.05) is 30.3 Å². The van der Waals surface area contributed by atoms with Crippen molar-refractivity contribution >= 4 is 17.4 Å². The van der Waals surface area contributed by atoms with Crippen molar-refractivity contribution in [3.8, 4) is 5.75 Å². The molecule has 0 unspecified atom stereocenters. The Balaban J connectivity index is 2.30. The smallest absolute Gasteiger partial charge is 0.224 e. The molecule has 4 nitrogen and oxygen atoms in total. The second-order valence-corrected chi connectivity index (χ2v) is 4.83. The molecule has 0 fully saturated rings. The average molecular weight is 264 g/mol. The molecule has 2 N–H and O–H groups in total. The van der Waals surface area contributed by atoms with Crippen molar-refractivity contribution in [2.75, 3.05) is 5.32 Å². The van der Waals surface area contributed by atoms with E-state index in [0.29, 0.717) is 5.82 Å². The van der Waals surface area contributed by atoms with Crippen LogP contribution in [0.1, 0.15) is 19.4 Å². The maximum atomic E-state index is 9.70. The van der Waals surface area contributed by atoms with Gasteiger partial charge in [-0.15, -0.1) is 0 Å². The molecule has 1 heterocycles. The van der Waals surface area contributed by atoms with Crippen LogP contribution in [-0.4, -0.2) is 15.1 Å². The number of hydrogen-bond donors (Lipinski definition) is 2. The van der Waals surface area contributed by atoms with Gasteiger partial charge in [0.2, 0.25) is 5.28 Å². The summed E-state index contributed by atoms with van der Waals surface area (Å²) in [5, 5.41) is 13.0. The van der Waals surface area contributed by atoms with Crippen molar-refractivity contribution in [2.45, 2.75) is 19.4 Å². The summed E-state index contributed by atoms with van der Waals surface area (Å²) in [6.45, 7) is 4.00. The molecule has 1 aromatic heterocycles. The first kappa shape index (κ1) is 12.6. The van der Waals surface area contributed by atoms with Gasteiger partial charge in [-0.05, 0) is 31.0 Å². The van der Waals surface area contributed by atoms with Gasteiger partial charge in [-0.2, -0.15) is 4.98 Å². The van der Waals surface area contributed by atoms with Crippen LogP contribution in [0.5, 0.6) is 5.75 Å². The highest BCUT2D eigenvalue weighted by Crippen LogP contribution is 2.29. The third kappa shape index (κ3) is 2.71. The first-order valence-corrected chi connectivity index (χ1v) is 5.92. The molecule has 1 aromatic carbocycles. The first-order valence-electron chi connectivity index (χ1n) is 5.54. The van der Waals surface area contributed by atoms with E-state index in [1.54, 1.807) is 0 Å². The van der Waals surface area contributed by atoms with Gasteiger partial charge < -0.3 is 10.4 Å². The van der Waals surface area contributed by atoms with Gasteiger partial charge in [0, 0.05) is 0 Å². The fraction of sp³-hybridized carbons (Fsp3) is 0.231. The van der Waals surface area contributed by atoms with Gasteiger partial charge in [-0.3, -0.25) is 0 Å². The third-order valence-corrected chi connectivity index (χ3v) is 2.85. The Morgan fingerprint density at radius 3 is 2.56 bits per heavy atom. The molecule has 0 amide bonds. The van der Waals surface area contributed by atoms with Crippen LogP contribution in [0.15, 0.2) is 36.5 Å². The lowest BCUT2D eigenvalue weighted by atomic mass is 9.94. The Bertz CT molecular complexity index is 543. The molecule has 2 aromatic rings. The van der Waals surface area contributed by atoms with Crippen LogP contribution in [0.3, 0.4) is 0 Å². The van der Waals surface area contributed by atoms with Crippen molar-refractivity contribution in [1.82, 2.24) is 9.97 Å². The minimum Gasteiger partial charge on any atom is -0.503 e. The Morgan fingerprint density at radius 2 is 1.89 bits per heavy atom. The van der Waals surface area contributed by atoms with E-state index in [1.165, 1.54) is 6.20 Å². The summed E-state index contributed by atoms with van der Waals surface area (Å²) in [5.74, 6) is 0.298. The van der Waals surface area contributed by atoms with E-state index in [9.17, 15) is 5.11 Å². The topological polar surface area (TPSA) is 58.0 Å².